The third-order valence-electron chi connectivity index (χ3n) is 3.52. The number of fused-ring (bicyclic) bond motifs is 2. The molecule has 10 heteroatoms. The minimum atomic E-state index is -0.481. The summed E-state index contributed by atoms with van der Waals surface area (Å²) in [4.78, 5) is 25.8. The van der Waals surface area contributed by atoms with Gasteiger partial charge < -0.3 is 0 Å². The van der Waals surface area contributed by atoms with Gasteiger partial charge in [0, 0.05) is 29.0 Å². The topological polar surface area (TPSA) is 112 Å². The first-order valence-corrected chi connectivity index (χ1v) is 8.27. The van der Waals surface area contributed by atoms with Crippen molar-refractivity contribution in [3.63, 3.8) is 0 Å². The van der Waals surface area contributed by atoms with Crippen molar-refractivity contribution in [3.8, 4) is 10.6 Å². The van der Waals surface area contributed by atoms with E-state index in [0.29, 0.717) is 31.7 Å². The highest BCUT2D eigenvalue weighted by Crippen LogP contribution is 2.41. The Bertz CT molecular complexity index is 1130. The van der Waals surface area contributed by atoms with E-state index in [1.165, 1.54) is 41.1 Å². The van der Waals surface area contributed by atoms with Gasteiger partial charge >= 0.3 is 0 Å². The summed E-state index contributed by atoms with van der Waals surface area (Å²) in [5.74, 6) is 0. The number of benzene rings is 2. The van der Waals surface area contributed by atoms with Gasteiger partial charge in [-0.1, -0.05) is 0 Å². The SMILES string of the molecule is O=[N+]([O-])c1ccc2nc(-c3c([N+](=O)[O-])ccc4nscc34)sc2c1. The van der Waals surface area contributed by atoms with Crippen molar-refractivity contribution in [1.29, 1.82) is 0 Å². The molecule has 0 aliphatic carbocycles. The highest BCUT2D eigenvalue weighted by molar-refractivity contribution is 7.21. The summed E-state index contributed by atoms with van der Waals surface area (Å²) < 4.78 is 4.81. The molecule has 0 saturated carbocycles. The molecule has 24 heavy (non-hydrogen) atoms. The highest BCUT2D eigenvalue weighted by Gasteiger charge is 2.23. The first-order chi connectivity index (χ1) is 11.5. The summed E-state index contributed by atoms with van der Waals surface area (Å²) in [5, 5.41) is 25.1. The molecule has 0 amide bonds. The summed E-state index contributed by atoms with van der Waals surface area (Å²) >= 11 is 2.40. The number of nitro benzene ring substituents is 2. The van der Waals surface area contributed by atoms with Gasteiger partial charge in [0.15, 0.2) is 0 Å². The van der Waals surface area contributed by atoms with Crippen molar-refractivity contribution in [2.75, 3.05) is 0 Å². The Hall–Kier alpha value is -2.98. The zero-order valence-corrected chi connectivity index (χ0v) is 13.3. The number of rotatable bonds is 3. The van der Waals surface area contributed by atoms with Crippen LogP contribution in [0, 0.1) is 20.2 Å². The van der Waals surface area contributed by atoms with Crippen molar-refractivity contribution >= 4 is 55.4 Å². The number of hydrogen-bond donors (Lipinski definition) is 0. The maximum Gasteiger partial charge on any atom is 0.280 e. The molecule has 118 valence electrons. The predicted molar refractivity (Wildman–Crippen MR) is 91.5 cm³/mol. The second kappa shape index (κ2) is 5.28. The number of hydrogen-bond acceptors (Lipinski definition) is 8. The van der Waals surface area contributed by atoms with Crippen LogP contribution >= 0.6 is 22.9 Å². The van der Waals surface area contributed by atoms with Crippen molar-refractivity contribution in [2.24, 2.45) is 0 Å². The molecule has 4 rings (SSSR count). The molecule has 2 aromatic heterocycles. The highest BCUT2D eigenvalue weighted by atomic mass is 32.1. The van der Waals surface area contributed by atoms with Gasteiger partial charge in [-0.3, -0.25) is 20.2 Å². The molecule has 0 aliphatic rings. The van der Waals surface area contributed by atoms with Gasteiger partial charge in [0.2, 0.25) is 0 Å². The van der Waals surface area contributed by atoms with E-state index < -0.39 is 9.85 Å². The van der Waals surface area contributed by atoms with Crippen LogP contribution in [0.25, 0.3) is 31.7 Å². The molecule has 0 N–H and O–H groups in total. The predicted octanol–water partition coefficient (Wildman–Crippen LogP) is 4.39. The van der Waals surface area contributed by atoms with Crippen LogP contribution in [0.15, 0.2) is 35.7 Å². The van der Waals surface area contributed by atoms with E-state index in [0.717, 1.165) is 0 Å². The van der Waals surface area contributed by atoms with Crippen LogP contribution in [0.3, 0.4) is 0 Å². The maximum atomic E-state index is 11.4. The van der Waals surface area contributed by atoms with E-state index in [2.05, 4.69) is 9.36 Å². The summed E-state index contributed by atoms with van der Waals surface area (Å²) in [6.07, 6.45) is 0. The summed E-state index contributed by atoms with van der Waals surface area (Å²) in [5.41, 5.74) is 1.52. The van der Waals surface area contributed by atoms with E-state index in [9.17, 15) is 20.2 Å². The lowest BCUT2D eigenvalue weighted by molar-refractivity contribution is -0.384. The standard InChI is InChI=1S/C14H6N4O4S2/c19-17(20)7-1-2-10-12(5-7)24-14(15-10)13-8-6-23-16-9(8)3-4-11(13)18(21)22/h1-6H. The van der Waals surface area contributed by atoms with E-state index in [4.69, 9.17) is 0 Å². The molecular formula is C14H6N4O4S2. The lowest BCUT2D eigenvalue weighted by Gasteiger charge is -2.00. The van der Waals surface area contributed by atoms with Crippen LogP contribution in [0.2, 0.25) is 0 Å². The summed E-state index contributed by atoms with van der Waals surface area (Å²) in [6, 6.07) is 7.35. The molecule has 0 fully saturated rings. The molecule has 0 aliphatic heterocycles. The Balaban J connectivity index is 2.01. The second-order valence-corrected chi connectivity index (χ2v) is 6.55. The lowest BCUT2D eigenvalue weighted by atomic mass is 10.1. The average Bonchev–Trinajstić information content (AvgIpc) is 3.18. The number of aromatic nitrogens is 2. The van der Waals surface area contributed by atoms with Gasteiger partial charge in [-0.15, -0.1) is 11.3 Å². The summed E-state index contributed by atoms with van der Waals surface area (Å²) in [6.45, 7) is 0. The number of non-ortho nitro benzene ring substituents is 1. The fraction of sp³-hybridized carbons (Fsp3) is 0. The number of nitro groups is 2. The van der Waals surface area contributed by atoms with Crippen molar-refractivity contribution in [1.82, 2.24) is 9.36 Å². The van der Waals surface area contributed by atoms with E-state index in [-0.39, 0.29) is 11.4 Å². The van der Waals surface area contributed by atoms with Crippen molar-refractivity contribution in [3.05, 3.63) is 55.9 Å². The smallest absolute Gasteiger partial charge is 0.258 e. The van der Waals surface area contributed by atoms with E-state index >= 15 is 0 Å². The third kappa shape index (κ3) is 2.20. The normalized spacial score (nSPS) is 11.2. The van der Waals surface area contributed by atoms with Crippen LogP contribution in [0.1, 0.15) is 0 Å². The minimum absolute atomic E-state index is 0.0393. The second-order valence-electron chi connectivity index (χ2n) is 4.89. The zero-order chi connectivity index (χ0) is 16.8. The Morgan fingerprint density at radius 2 is 1.79 bits per heavy atom. The minimum Gasteiger partial charge on any atom is -0.258 e. The van der Waals surface area contributed by atoms with Gasteiger partial charge in [-0.2, -0.15) is 4.37 Å². The van der Waals surface area contributed by atoms with Gasteiger partial charge in [0.05, 0.1) is 31.1 Å². The fourth-order valence-corrected chi connectivity index (χ4v) is 4.18. The van der Waals surface area contributed by atoms with Crippen LogP contribution < -0.4 is 0 Å². The van der Waals surface area contributed by atoms with E-state index in [1.54, 1.807) is 17.5 Å². The van der Waals surface area contributed by atoms with E-state index in [1.807, 2.05) is 0 Å². The molecule has 2 heterocycles. The van der Waals surface area contributed by atoms with Gasteiger partial charge in [0.1, 0.15) is 5.01 Å². The Morgan fingerprint density at radius 3 is 2.54 bits per heavy atom. The van der Waals surface area contributed by atoms with Crippen LogP contribution in [0.5, 0.6) is 0 Å². The molecule has 0 radical (unpaired) electrons. The zero-order valence-electron chi connectivity index (χ0n) is 11.7. The maximum absolute atomic E-state index is 11.4. The van der Waals surface area contributed by atoms with Crippen LogP contribution in [-0.4, -0.2) is 19.2 Å². The molecule has 0 saturated heterocycles. The van der Waals surface area contributed by atoms with Crippen molar-refractivity contribution < 1.29 is 9.85 Å². The van der Waals surface area contributed by atoms with Gasteiger partial charge in [-0.25, -0.2) is 4.98 Å². The molecule has 0 bridgehead atoms. The fourth-order valence-electron chi connectivity index (χ4n) is 2.44. The summed E-state index contributed by atoms with van der Waals surface area (Å²) in [7, 11) is 0. The number of thiazole rings is 1. The van der Waals surface area contributed by atoms with Crippen LogP contribution in [0.4, 0.5) is 11.4 Å². The average molecular weight is 358 g/mol. The van der Waals surface area contributed by atoms with Gasteiger partial charge in [0.25, 0.3) is 11.4 Å². The molecule has 4 aromatic rings. The molecule has 8 nitrogen and oxygen atoms in total. The van der Waals surface area contributed by atoms with Crippen molar-refractivity contribution in [2.45, 2.75) is 0 Å². The number of nitrogens with zero attached hydrogens (tertiary/aromatic N) is 4. The quantitative estimate of drug-likeness (QED) is 0.396. The molecular weight excluding hydrogens is 352 g/mol. The van der Waals surface area contributed by atoms with Gasteiger partial charge in [-0.05, 0) is 23.7 Å². The molecule has 0 atom stereocenters. The first-order valence-electron chi connectivity index (χ1n) is 6.61. The molecule has 0 unspecified atom stereocenters. The molecule has 0 spiro atoms. The van der Waals surface area contributed by atoms with Crippen LogP contribution in [-0.2, 0) is 0 Å². The monoisotopic (exact) mass is 358 g/mol. The lowest BCUT2D eigenvalue weighted by Crippen LogP contribution is -1.92. The largest absolute Gasteiger partial charge is 0.280 e. The third-order valence-corrected chi connectivity index (χ3v) is 5.19. The Kier molecular flexibility index (Phi) is 3.22. The molecule has 2 aromatic carbocycles. The Morgan fingerprint density at radius 1 is 1.00 bits per heavy atom. The first kappa shape index (κ1) is 14.6. The Labute approximate surface area is 141 Å².